The normalized spacial score (nSPS) is 11.4. The minimum atomic E-state index is -4.61. The smallest absolute Gasteiger partial charge is 0.324 e. The Kier molecular flexibility index (Phi) is 5.90. The number of alkyl halides is 3. The van der Waals surface area contributed by atoms with Crippen molar-refractivity contribution in [2.75, 3.05) is 10.6 Å². The average Bonchev–Trinajstić information content (AvgIpc) is 3.27. The summed E-state index contributed by atoms with van der Waals surface area (Å²) in [5.74, 6) is -1.06. The number of halogens is 3. The fraction of sp³-hybridized carbons (Fsp3) is 0.263. The Bertz CT molecular complexity index is 1070. The van der Waals surface area contributed by atoms with Gasteiger partial charge >= 0.3 is 6.18 Å². The number of carbonyl (C=O) groups is 2. The Morgan fingerprint density at radius 2 is 1.77 bits per heavy atom. The van der Waals surface area contributed by atoms with Crippen LogP contribution in [-0.2, 0) is 24.1 Å². The number of amides is 2. The van der Waals surface area contributed by atoms with E-state index in [0.717, 1.165) is 6.07 Å². The number of nitrogens with zero attached hydrogens (tertiary/aromatic N) is 4. The number of benzene rings is 1. The number of aromatic nitrogens is 4. The summed E-state index contributed by atoms with van der Waals surface area (Å²) < 4.78 is 41.3. The largest absolute Gasteiger partial charge is 0.433 e. The number of carbonyl (C=O) groups excluding carboxylic acids is 2. The van der Waals surface area contributed by atoms with Crippen LogP contribution in [0.2, 0.25) is 0 Å². The maximum Gasteiger partial charge on any atom is 0.433 e. The van der Waals surface area contributed by atoms with E-state index in [1.165, 1.54) is 23.9 Å². The van der Waals surface area contributed by atoms with Crippen molar-refractivity contribution in [2.24, 2.45) is 0 Å². The lowest BCUT2D eigenvalue weighted by molar-refractivity contribution is -0.144. The van der Waals surface area contributed by atoms with E-state index in [1.807, 2.05) is 6.92 Å². The van der Waals surface area contributed by atoms with Crippen LogP contribution in [0.15, 0.2) is 42.6 Å². The standard InChI is InChI=1S/C19H19F3N6O2/c1-3-27-15(7-8-23-27)18(30)25-14-6-4-5-13(10-14)24-17(29)11-28-16(19(20,21)22)9-12(2)26-28/h4-10H,3,11H2,1-2H3,(H,24,29)(H,25,30). The summed E-state index contributed by atoms with van der Waals surface area (Å²) in [6.45, 7) is 3.19. The zero-order valence-corrected chi connectivity index (χ0v) is 16.2. The first-order chi connectivity index (χ1) is 14.2. The van der Waals surface area contributed by atoms with Crippen molar-refractivity contribution in [3.05, 3.63) is 59.7 Å². The van der Waals surface area contributed by atoms with Gasteiger partial charge in [-0.2, -0.15) is 23.4 Å². The molecule has 2 N–H and O–H groups in total. The van der Waals surface area contributed by atoms with Crippen LogP contribution in [0.5, 0.6) is 0 Å². The van der Waals surface area contributed by atoms with Gasteiger partial charge in [0.05, 0.1) is 5.69 Å². The number of rotatable bonds is 6. The lowest BCUT2D eigenvalue weighted by Crippen LogP contribution is -2.23. The molecule has 0 saturated carbocycles. The Morgan fingerprint density at radius 3 is 2.43 bits per heavy atom. The predicted molar refractivity (Wildman–Crippen MR) is 103 cm³/mol. The molecule has 0 saturated heterocycles. The monoisotopic (exact) mass is 420 g/mol. The summed E-state index contributed by atoms with van der Waals surface area (Å²) >= 11 is 0. The van der Waals surface area contributed by atoms with Gasteiger partial charge in [-0.05, 0) is 44.2 Å². The molecular formula is C19H19F3N6O2. The van der Waals surface area contributed by atoms with Gasteiger partial charge in [0.1, 0.15) is 17.9 Å². The first kappa shape index (κ1) is 21.1. The molecule has 1 aromatic carbocycles. The maximum atomic E-state index is 13.0. The molecule has 0 bridgehead atoms. The predicted octanol–water partition coefficient (Wildman–Crippen LogP) is 3.32. The number of hydrogen-bond donors (Lipinski definition) is 2. The second kappa shape index (κ2) is 8.39. The fourth-order valence-corrected chi connectivity index (χ4v) is 2.88. The molecule has 0 unspecified atom stereocenters. The van der Waals surface area contributed by atoms with Gasteiger partial charge in [-0.25, -0.2) is 0 Å². The maximum absolute atomic E-state index is 13.0. The zero-order chi connectivity index (χ0) is 21.9. The molecule has 0 radical (unpaired) electrons. The Hall–Kier alpha value is -3.63. The van der Waals surface area contributed by atoms with Gasteiger partial charge in [-0.15, -0.1) is 0 Å². The van der Waals surface area contributed by atoms with Crippen molar-refractivity contribution in [2.45, 2.75) is 33.1 Å². The third kappa shape index (κ3) is 4.85. The third-order valence-corrected chi connectivity index (χ3v) is 4.14. The Balaban J connectivity index is 1.68. The highest BCUT2D eigenvalue weighted by atomic mass is 19.4. The highest BCUT2D eigenvalue weighted by molar-refractivity contribution is 6.03. The minimum Gasteiger partial charge on any atom is -0.324 e. The van der Waals surface area contributed by atoms with E-state index in [1.54, 1.807) is 24.3 Å². The summed E-state index contributed by atoms with van der Waals surface area (Å²) in [5, 5.41) is 13.0. The van der Waals surface area contributed by atoms with Crippen LogP contribution in [0.25, 0.3) is 0 Å². The Labute approximate surface area is 169 Å². The van der Waals surface area contributed by atoms with E-state index in [4.69, 9.17) is 0 Å². The molecular weight excluding hydrogens is 401 g/mol. The zero-order valence-electron chi connectivity index (χ0n) is 16.2. The number of hydrogen-bond acceptors (Lipinski definition) is 4. The van der Waals surface area contributed by atoms with Gasteiger partial charge < -0.3 is 10.6 Å². The molecule has 3 rings (SSSR count). The summed E-state index contributed by atoms with van der Waals surface area (Å²) in [7, 11) is 0. The van der Waals surface area contributed by atoms with Crippen LogP contribution in [0.1, 0.15) is 28.8 Å². The molecule has 11 heteroatoms. The first-order valence-corrected chi connectivity index (χ1v) is 9.02. The summed E-state index contributed by atoms with van der Waals surface area (Å²) in [6.07, 6.45) is -3.10. The van der Waals surface area contributed by atoms with Crippen molar-refractivity contribution >= 4 is 23.2 Å². The van der Waals surface area contributed by atoms with Gasteiger partial charge in [-0.3, -0.25) is 19.0 Å². The van der Waals surface area contributed by atoms with Gasteiger partial charge in [-0.1, -0.05) is 6.07 Å². The second-order valence-electron chi connectivity index (χ2n) is 6.44. The van der Waals surface area contributed by atoms with Gasteiger partial charge in [0.2, 0.25) is 5.91 Å². The van der Waals surface area contributed by atoms with Crippen LogP contribution < -0.4 is 10.6 Å². The number of aryl methyl sites for hydroxylation is 2. The SMILES string of the molecule is CCn1nccc1C(=O)Nc1cccc(NC(=O)Cn2nc(C)cc2C(F)(F)F)c1. The molecule has 2 heterocycles. The highest BCUT2D eigenvalue weighted by Crippen LogP contribution is 2.29. The third-order valence-electron chi connectivity index (χ3n) is 4.14. The topological polar surface area (TPSA) is 93.8 Å². The van der Waals surface area contributed by atoms with Crippen LogP contribution in [0.4, 0.5) is 24.5 Å². The lowest BCUT2D eigenvalue weighted by atomic mass is 10.2. The van der Waals surface area contributed by atoms with Crippen LogP contribution in [-0.4, -0.2) is 31.4 Å². The molecule has 0 aliphatic rings. The Morgan fingerprint density at radius 1 is 1.07 bits per heavy atom. The first-order valence-electron chi connectivity index (χ1n) is 9.02. The fourth-order valence-electron chi connectivity index (χ4n) is 2.88. The molecule has 0 fully saturated rings. The quantitative estimate of drug-likeness (QED) is 0.640. The van der Waals surface area contributed by atoms with Crippen molar-refractivity contribution < 1.29 is 22.8 Å². The molecule has 0 atom stereocenters. The summed E-state index contributed by atoms with van der Waals surface area (Å²) in [4.78, 5) is 24.6. The van der Waals surface area contributed by atoms with Crippen LogP contribution >= 0.6 is 0 Å². The average molecular weight is 420 g/mol. The lowest BCUT2D eigenvalue weighted by Gasteiger charge is -2.12. The molecule has 2 aromatic heterocycles. The number of nitrogens with one attached hydrogen (secondary N) is 2. The molecule has 158 valence electrons. The molecule has 0 aliphatic carbocycles. The number of anilines is 2. The summed E-state index contributed by atoms with van der Waals surface area (Å²) in [6, 6.07) is 8.74. The van der Waals surface area contributed by atoms with Crippen molar-refractivity contribution in [3.8, 4) is 0 Å². The molecule has 3 aromatic rings. The van der Waals surface area contributed by atoms with E-state index in [0.29, 0.717) is 28.3 Å². The van der Waals surface area contributed by atoms with Gasteiger partial charge in [0.25, 0.3) is 5.91 Å². The summed E-state index contributed by atoms with van der Waals surface area (Å²) in [5.41, 5.74) is 0.266. The van der Waals surface area contributed by atoms with E-state index in [2.05, 4.69) is 20.8 Å². The van der Waals surface area contributed by atoms with Crippen molar-refractivity contribution in [1.82, 2.24) is 19.6 Å². The molecule has 0 spiro atoms. The van der Waals surface area contributed by atoms with Crippen LogP contribution in [0.3, 0.4) is 0 Å². The van der Waals surface area contributed by atoms with E-state index < -0.39 is 24.3 Å². The molecule has 8 nitrogen and oxygen atoms in total. The van der Waals surface area contributed by atoms with Crippen molar-refractivity contribution in [1.29, 1.82) is 0 Å². The van der Waals surface area contributed by atoms with Crippen molar-refractivity contribution in [3.63, 3.8) is 0 Å². The molecule has 2 amide bonds. The van der Waals surface area contributed by atoms with Gasteiger partial charge in [0, 0.05) is 24.1 Å². The minimum absolute atomic E-state index is 0.158. The van der Waals surface area contributed by atoms with E-state index in [9.17, 15) is 22.8 Å². The molecule has 0 aliphatic heterocycles. The highest BCUT2D eigenvalue weighted by Gasteiger charge is 2.35. The van der Waals surface area contributed by atoms with E-state index >= 15 is 0 Å². The molecule has 30 heavy (non-hydrogen) atoms. The second-order valence-corrected chi connectivity index (χ2v) is 6.44. The van der Waals surface area contributed by atoms with Gasteiger partial charge in [0.15, 0.2) is 0 Å². The van der Waals surface area contributed by atoms with E-state index in [-0.39, 0.29) is 11.6 Å². The van der Waals surface area contributed by atoms with Crippen LogP contribution in [0, 0.1) is 6.92 Å².